The summed E-state index contributed by atoms with van der Waals surface area (Å²) < 4.78 is 19.0. The van der Waals surface area contributed by atoms with Crippen LogP contribution in [0, 0.1) is 0 Å². The molecule has 174 valence electrons. The molecule has 0 N–H and O–H groups in total. The van der Waals surface area contributed by atoms with Crippen molar-refractivity contribution in [1.29, 1.82) is 0 Å². The number of hydrogen-bond donors (Lipinski definition) is 0. The molecule has 0 radical (unpaired) electrons. The number of ether oxygens (including phenoxy) is 1. The van der Waals surface area contributed by atoms with Gasteiger partial charge in [0, 0.05) is 18.4 Å². The highest BCUT2D eigenvalue weighted by Crippen LogP contribution is 2.35. The average molecular weight is 479 g/mol. The molecule has 1 saturated heterocycles. The first-order valence-corrected chi connectivity index (χ1v) is 12.2. The van der Waals surface area contributed by atoms with Gasteiger partial charge < -0.3 is 13.6 Å². The average Bonchev–Trinajstić information content (AvgIpc) is 3.66. The summed E-state index contributed by atoms with van der Waals surface area (Å²) in [7, 11) is 0. The second-order valence-electron chi connectivity index (χ2n) is 8.24. The number of fused-ring (bicyclic) bond motifs is 1. The number of carbonyl (C=O) groups excluding carboxylic acids is 1. The van der Waals surface area contributed by atoms with Crippen molar-refractivity contribution in [3.05, 3.63) is 60.2 Å². The quantitative estimate of drug-likeness (QED) is 0.370. The van der Waals surface area contributed by atoms with Gasteiger partial charge in [-0.3, -0.25) is 4.79 Å². The molecule has 4 aromatic rings. The minimum absolute atomic E-state index is 0.108. The Labute approximate surface area is 198 Å². The molecule has 0 aliphatic carbocycles. The van der Waals surface area contributed by atoms with Crippen LogP contribution >= 0.6 is 11.8 Å². The Morgan fingerprint density at radius 3 is 2.97 bits per heavy atom. The summed E-state index contributed by atoms with van der Waals surface area (Å²) in [5.74, 6) is 1.31. The Morgan fingerprint density at radius 2 is 2.15 bits per heavy atom. The summed E-state index contributed by atoms with van der Waals surface area (Å²) in [4.78, 5) is 13.3. The number of furan rings is 2. The first-order valence-electron chi connectivity index (χ1n) is 11.2. The fourth-order valence-electron chi connectivity index (χ4n) is 4.30. The predicted octanol–water partition coefficient (Wildman–Crippen LogP) is 3.66. The molecule has 1 amide bonds. The maximum atomic E-state index is 13.3. The van der Waals surface area contributed by atoms with Gasteiger partial charge in [0.1, 0.15) is 23.1 Å². The molecular weight excluding hydrogens is 456 g/mol. The van der Waals surface area contributed by atoms with Gasteiger partial charge >= 0.3 is 0 Å². The number of hydrazone groups is 1. The number of nitrogens with zero attached hydrogens (tertiary/aromatic N) is 6. The molecule has 0 saturated carbocycles. The van der Waals surface area contributed by atoms with E-state index in [1.165, 1.54) is 16.8 Å². The van der Waals surface area contributed by atoms with E-state index in [-0.39, 0.29) is 23.8 Å². The molecular formula is C23H22N6O4S. The van der Waals surface area contributed by atoms with Crippen molar-refractivity contribution in [3.63, 3.8) is 0 Å². The van der Waals surface area contributed by atoms with Gasteiger partial charge in [-0.05, 0) is 47.5 Å². The molecule has 2 atom stereocenters. The Bertz CT molecular complexity index is 1290. The zero-order valence-corrected chi connectivity index (χ0v) is 19.1. The van der Waals surface area contributed by atoms with E-state index in [1.54, 1.807) is 10.9 Å². The maximum Gasteiger partial charge on any atom is 0.253 e. The van der Waals surface area contributed by atoms with Gasteiger partial charge in [0.05, 0.1) is 24.7 Å². The lowest BCUT2D eigenvalue weighted by Gasteiger charge is -2.19. The molecule has 2 aliphatic heterocycles. The van der Waals surface area contributed by atoms with Crippen LogP contribution in [0.3, 0.4) is 0 Å². The van der Waals surface area contributed by atoms with Crippen LogP contribution in [0.25, 0.3) is 11.0 Å². The Balaban J connectivity index is 1.20. The van der Waals surface area contributed by atoms with E-state index < -0.39 is 0 Å². The summed E-state index contributed by atoms with van der Waals surface area (Å²) in [5.41, 5.74) is 1.49. The SMILES string of the molecule is O=C(CSc1nnnn1C[C@H]1CCCO1)N1N=C(c2cc3ccccc3o2)C[C@@H]1c1ccco1. The maximum absolute atomic E-state index is 13.3. The summed E-state index contributed by atoms with van der Waals surface area (Å²) in [6, 6.07) is 13.1. The van der Waals surface area contributed by atoms with E-state index in [2.05, 4.69) is 20.6 Å². The van der Waals surface area contributed by atoms with Crippen LogP contribution in [0.4, 0.5) is 0 Å². The highest BCUT2D eigenvalue weighted by atomic mass is 32.2. The largest absolute Gasteiger partial charge is 0.467 e. The topological polar surface area (TPSA) is 112 Å². The van der Waals surface area contributed by atoms with Crippen molar-refractivity contribution in [3.8, 4) is 0 Å². The van der Waals surface area contributed by atoms with Crippen molar-refractivity contribution >= 4 is 34.3 Å². The highest BCUT2D eigenvalue weighted by molar-refractivity contribution is 7.99. The molecule has 5 heterocycles. The number of aromatic nitrogens is 4. The molecule has 2 aliphatic rings. The van der Waals surface area contributed by atoms with Gasteiger partial charge in [0.25, 0.3) is 5.91 Å². The number of amides is 1. The van der Waals surface area contributed by atoms with E-state index in [4.69, 9.17) is 13.6 Å². The van der Waals surface area contributed by atoms with Crippen molar-refractivity contribution < 1.29 is 18.4 Å². The van der Waals surface area contributed by atoms with E-state index >= 15 is 0 Å². The Kier molecular flexibility index (Phi) is 5.63. The van der Waals surface area contributed by atoms with Crippen LogP contribution in [0.15, 0.2) is 67.8 Å². The zero-order valence-electron chi connectivity index (χ0n) is 18.2. The third-order valence-corrected chi connectivity index (χ3v) is 6.91. The Hall–Kier alpha value is -3.44. The van der Waals surface area contributed by atoms with Crippen LogP contribution in [0.5, 0.6) is 0 Å². The van der Waals surface area contributed by atoms with Crippen LogP contribution in [0.1, 0.15) is 36.8 Å². The second kappa shape index (κ2) is 9.07. The first-order chi connectivity index (χ1) is 16.7. The molecule has 6 rings (SSSR count). The fraction of sp³-hybridized carbons (Fsp3) is 0.348. The Morgan fingerprint density at radius 1 is 1.21 bits per heavy atom. The van der Waals surface area contributed by atoms with Gasteiger partial charge in [-0.25, -0.2) is 9.69 Å². The lowest BCUT2D eigenvalue weighted by molar-refractivity contribution is -0.130. The molecule has 11 heteroatoms. The van der Waals surface area contributed by atoms with Gasteiger partial charge in [-0.15, -0.1) is 5.10 Å². The third kappa shape index (κ3) is 4.12. The third-order valence-electron chi connectivity index (χ3n) is 5.97. The van der Waals surface area contributed by atoms with Crippen LogP contribution in [-0.4, -0.2) is 55.3 Å². The predicted molar refractivity (Wildman–Crippen MR) is 123 cm³/mol. The van der Waals surface area contributed by atoms with Crippen molar-refractivity contribution in [2.24, 2.45) is 5.10 Å². The summed E-state index contributed by atoms with van der Waals surface area (Å²) in [5, 5.41) is 19.6. The number of carbonyl (C=O) groups is 1. The van der Waals surface area contributed by atoms with Gasteiger partial charge in [0.2, 0.25) is 5.16 Å². The smallest absolute Gasteiger partial charge is 0.253 e. The van der Waals surface area contributed by atoms with Crippen LogP contribution < -0.4 is 0 Å². The minimum atomic E-state index is -0.339. The zero-order chi connectivity index (χ0) is 22.9. The molecule has 1 fully saturated rings. The minimum Gasteiger partial charge on any atom is -0.467 e. The summed E-state index contributed by atoms with van der Waals surface area (Å²) >= 11 is 1.29. The monoisotopic (exact) mass is 478 g/mol. The first kappa shape index (κ1) is 21.1. The molecule has 3 aromatic heterocycles. The van der Waals surface area contributed by atoms with Crippen molar-refractivity contribution in [2.45, 2.75) is 43.1 Å². The van der Waals surface area contributed by atoms with Gasteiger partial charge in [0.15, 0.2) is 5.76 Å². The standard InChI is InChI=1S/C23H22N6O4S/c30-22(14-34-23-24-26-27-28(23)13-16-6-3-9-31-16)29-18(20-8-4-10-32-20)12-17(25-29)21-11-15-5-1-2-7-19(15)33-21/h1-2,4-5,7-8,10-11,16,18H,3,6,9,12-14H2/t16-,18-/m1/s1. The van der Waals surface area contributed by atoms with E-state index in [0.717, 1.165) is 30.4 Å². The molecule has 10 nitrogen and oxygen atoms in total. The molecule has 0 unspecified atom stereocenters. The molecule has 0 spiro atoms. The normalized spacial score (nSPS) is 20.4. The van der Waals surface area contributed by atoms with Gasteiger partial charge in [-0.1, -0.05) is 30.0 Å². The number of benzene rings is 1. The van der Waals surface area contributed by atoms with Gasteiger partial charge in [-0.2, -0.15) is 5.10 Å². The molecule has 1 aromatic carbocycles. The molecule has 0 bridgehead atoms. The van der Waals surface area contributed by atoms with E-state index in [9.17, 15) is 4.79 Å². The number of para-hydroxylation sites is 1. The van der Waals surface area contributed by atoms with Crippen molar-refractivity contribution in [2.75, 3.05) is 12.4 Å². The van der Waals surface area contributed by atoms with Crippen LogP contribution in [0.2, 0.25) is 0 Å². The van der Waals surface area contributed by atoms with Crippen molar-refractivity contribution in [1.82, 2.24) is 25.2 Å². The summed E-state index contributed by atoms with van der Waals surface area (Å²) in [6.07, 6.45) is 4.24. The van der Waals surface area contributed by atoms with E-state index in [1.807, 2.05) is 42.5 Å². The lowest BCUT2D eigenvalue weighted by atomic mass is 10.1. The lowest BCUT2D eigenvalue weighted by Crippen LogP contribution is -2.28. The number of tetrazole rings is 1. The second-order valence-corrected chi connectivity index (χ2v) is 9.18. The molecule has 34 heavy (non-hydrogen) atoms. The van der Waals surface area contributed by atoms with Crippen LogP contribution in [-0.2, 0) is 16.1 Å². The number of rotatable bonds is 7. The van der Waals surface area contributed by atoms with E-state index in [0.29, 0.717) is 35.4 Å². The highest BCUT2D eigenvalue weighted by Gasteiger charge is 2.36. The fourth-order valence-corrected chi connectivity index (χ4v) is 5.04. The summed E-state index contributed by atoms with van der Waals surface area (Å²) in [6.45, 7) is 1.35. The number of hydrogen-bond acceptors (Lipinski definition) is 9. The number of thioether (sulfide) groups is 1.